The Hall–Kier alpha value is -7.44. The summed E-state index contributed by atoms with van der Waals surface area (Å²) in [6, 6.07) is 57.8. The molecule has 252 valence electrons. The van der Waals surface area contributed by atoms with Gasteiger partial charge in [0.1, 0.15) is 16.7 Å². The molecule has 0 saturated carbocycles. The van der Waals surface area contributed by atoms with Crippen molar-refractivity contribution in [2.75, 3.05) is 0 Å². The van der Waals surface area contributed by atoms with Crippen molar-refractivity contribution in [3.63, 3.8) is 0 Å². The molecule has 3 aromatic heterocycles. The highest BCUT2D eigenvalue weighted by Gasteiger charge is 2.21. The van der Waals surface area contributed by atoms with Crippen molar-refractivity contribution in [3.05, 3.63) is 170 Å². The van der Waals surface area contributed by atoms with E-state index >= 15 is 0 Å². The van der Waals surface area contributed by atoms with Crippen LogP contribution >= 0.6 is 0 Å². The molecular weight excluding hydrogens is 665 g/mol. The number of hydrogen-bond acceptors (Lipinski definition) is 6. The Balaban J connectivity index is 1.16. The topological polar surface area (TPSA) is 77.8 Å². The molecule has 11 rings (SSSR count). The summed E-state index contributed by atoms with van der Waals surface area (Å²) in [5.41, 5.74) is 8.64. The van der Waals surface area contributed by atoms with Crippen LogP contribution in [-0.4, -0.2) is 19.9 Å². The van der Waals surface area contributed by atoms with E-state index in [1.165, 1.54) is 5.39 Å². The molecule has 0 saturated heterocycles. The molecule has 0 spiro atoms. The lowest BCUT2D eigenvalue weighted by molar-refractivity contribution is 0.620. The van der Waals surface area contributed by atoms with E-state index in [2.05, 4.69) is 109 Å². The molecule has 6 heteroatoms. The van der Waals surface area contributed by atoms with E-state index in [9.17, 15) is 0 Å². The van der Waals surface area contributed by atoms with Crippen molar-refractivity contribution in [2.24, 2.45) is 0 Å². The van der Waals surface area contributed by atoms with Gasteiger partial charge in [-0.3, -0.25) is 0 Å². The van der Waals surface area contributed by atoms with Gasteiger partial charge in [0.05, 0.1) is 0 Å². The third-order valence-corrected chi connectivity index (χ3v) is 10.1. The molecule has 0 aliphatic heterocycles. The number of benzene rings is 8. The van der Waals surface area contributed by atoms with Crippen LogP contribution in [0.15, 0.2) is 179 Å². The molecule has 0 fully saturated rings. The molecule has 0 amide bonds. The third-order valence-electron chi connectivity index (χ3n) is 10.1. The molecule has 11 aromatic rings. The average molecular weight is 693 g/mol. The Morgan fingerprint density at radius 2 is 0.981 bits per heavy atom. The first-order chi connectivity index (χ1) is 26.7. The molecule has 0 aliphatic rings. The molecule has 8 aromatic carbocycles. The fourth-order valence-electron chi connectivity index (χ4n) is 7.59. The number of aromatic nitrogens is 4. The minimum absolute atomic E-state index is 0.549. The van der Waals surface area contributed by atoms with Gasteiger partial charge in [0.2, 0.25) is 5.89 Å². The smallest absolute Gasteiger partial charge is 0.227 e. The zero-order valence-corrected chi connectivity index (χ0v) is 28.8. The van der Waals surface area contributed by atoms with E-state index in [1.54, 1.807) is 0 Å². The third kappa shape index (κ3) is 4.96. The molecule has 0 unspecified atom stereocenters. The van der Waals surface area contributed by atoms with E-state index in [1.807, 2.05) is 60.7 Å². The quantitative estimate of drug-likeness (QED) is 0.167. The zero-order chi connectivity index (χ0) is 35.6. The SMILES string of the molecule is c1ccc(-c2cccc(-c3nc(-c4cc5ccccc5c5ccccc45)nc(-c4cccc5oc6cc7nc(-c8ccccc8)oc7cc6c45)n3)c2)cc1. The van der Waals surface area contributed by atoms with Crippen molar-refractivity contribution in [3.8, 4) is 56.7 Å². The van der Waals surface area contributed by atoms with E-state index < -0.39 is 0 Å². The summed E-state index contributed by atoms with van der Waals surface area (Å²) in [5, 5.41) is 6.33. The maximum Gasteiger partial charge on any atom is 0.227 e. The second-order valence-corrected chi connectivity index (χ2v) is 13.4. The van der Waals surface area contributed by atoms with Crippen molar-refractivity contribution in [1.82, 2.24) is 19.9 Å². The molecule has 6 nitrogen and oxygen atoms in total. The molecule has 0 atom stereocenters. The first-order valence-electron chi connectivity index (χ1n) is 17.9. The van der Waals surface area contributed by atoms with E-state index in [-0.39, 0.29) is 0 Å². The van der Waals surface area contributed by atoms with Crippen LogP contribution in [0.2, 0.25) is 0 Å². The summed E-state index contributed by atoms with van der Waals surface area (Å²) in [5.74, 6) is 2.29. The van der Waals surface area contributed by atoms with Gasteiger partial charge < -0.3 is 8.83 Å². The summed E-state index contributed by atoms with van der Waals surface area (Å²) in [7, 11) is 0. The summed E-state index contributed by atoms with van der Waals surface area (Å²) >= 11 is 0. The standard InChI is InChI=1S/C48H28N4O2/c1-3-13-29(14-4-1)31-18-11-19-33(25-31)45-50-46(52-47(51-45)38-26-32-17-7-8-20-34(32)35-21-9-10-22-36(35)38)37-23-12-24-41-44(37)39-27-43-40(28-42(39)53-41)49-48(54-43)30-15-5-2-6-16-30/h1-28H. The minimum Gasteiger partial charge on any atom is -0.456 e. The Morgan fingerprint density at radius 1 is 0.333 bits per heavy atom. The van der Waals surface area contributed by atoms with Gasteiger partial charge in [-0.1, -0.05) is 127 Å². The fraction of sp³-hybridized carbons (Fsp3) is 0. The Morgan fingerprint density at radius 3 is 1.81 bits per heavy atom. The average Bonchev–Trinajstić information content (AvgIpc) is 3.83. The lowest BCUT2D eigenvalue weighted by atomic mass is 9.96. The summed E-state index contributed by atoms with van der Waals surface area (Å²) < 4.78 is 12.8. The van der Waals surface area contributed by atoms with Crippen LogP contribution in [0.3, 0.4) is 0 Å². The monoisotopic (exact) mass is 692 g/mol. The minimum atomic E-state index is 0.549. The number of hydrogen-bond donors (Lipinski definition) is 0. The first kappa shape index (κ1) is 30.2. The number of fused-ring (bicyclic) bond motifs is 7. The molecule has 3 heterocycles. The van der Waals surface area contributed by atoms with Crippen LogP contribution in [0, 0.1) is 0 Å². The van der Waals surface area contributed by atoms with Crippen molar-refractivity contribution in [1.29, 1.82) is 0 Å². The lowest BCUT2D eigenvalue weighted by Crippen LogP contribution is -2.01. The van der Waals surface area contributed by atoms with Crippen LogP contribution in [0.4, 0.5) is 0 Å². The highest BCUT2D eigenvalue weighted by molar-refractivity contribution is 6.15. The van der Waals surface area contributed by atoms with Gasteiger partial charge in [-0.05, 0) is 69.1 Å². The molecule has 0 radical (unpaired) electrons. The van der Waals surface area contributed by atoms with Crippen molar-refractivity contribution < 1.29 is 8.83 Å². The maximum atomic E-state index is 6.49. The van der Waals surface area contributed by atoms with Crippen molar-refractivity contribution >= 4 is 54.6 Å². The van der Waals surface area contributed by atoms with Gasteiger partial charge in [0.15, 0.2) is 23.1 Å². The highest BCUT2D eigenvalue weighted by atomic mass is 16.4. The van der Waals surface area contributed by atoms with Crippen LogP contribution in [0.5, 0.6) is 0 Å². The molecule has 0 N–H and O–H groups in total. The van der Waals surface area contributed by atoms with Gasteiger partial charge in [0.25, 0.3) is 0 Å². The number of nitrogens with zero attached hydrogens (tertiary/aromatic N) is 4. The van der Waals surface area contributed by atoms with Gasteiger partial charge in [-0.2, -0.15) is 0 Å². The maximum absolute atomic E-state index is 6.49. The summed E-state index contributed by atoms with van der Waals surface area (Å²) in [6.07, 6.45) is 0. The number of furan rings is 1. The van der Waals surface area contributed by atoms with Crippen LogP contribution in [0.1, 0.15) is 0 Å². The number of rotatable bonds is 5. The van der Waals surface area contributed by atoms with Crippen LogP contribution in [0.25, 0.3) is 111 Å². The summed E-state index contributed by atoms with van der Waals surface area (Å²) in [4.78, 5) is 20.5. The fourth-order valence-corrected chi connectivity index (χ4v) is 7.59. The normalized spacial score (nSPS) is 11.7. The highest BCUT2D eigenvalue weighted by Crippen LogP contribution is 2.40. The second-order valence-electron chi connectivity index (χ2n) is 13.4. The van der Waals surface area contributed by atoms with Crippen LogP contribution in [-0.2, 0) is 0 Å². The van der Waals surface area contributed by atoms with E-state index in [4.69, 9.17) is 28.8 Å². The first-order valence-corrected chi connectivity index (χ1v) is 17.9. The van der Waals surface area contributed by atoms with Gasteiger partial charge in [-0.15, -0.1) is 0 Å². The Labute approximate surface area is 309 Å². The van der Waals surface area contributed by atoms with Gasteiger partial charge >= 0.3 is 0 Å². The lowest BCUT2D eigenvalue weighted by Gasteiger charge is -2.13. The summed E-state index contributed by atoms with van der Waals surface area (Å²) in [6.45, 7) is 0. The molecule has 54 heavy (non-hydrogen) atoms. The largest absolute Gasteiger partial charge is 0.456 e. The van der Waals surface area contributed by atoms with E-state index in [0.717, 1.165) is 71.4 Å². The molecule has 0 aliphatic carbocycles. The van der Waals surface area contributed by atoms with Gasteiger partial charge in [0, 0.05) is 39.1 Å². The molecular formula is C48H28N4O2. The predicted octanol–water partition coefficient (Wildman–Crippen LogP) is 12.6. The van der Waals surface area contributed by atoms with Crippen LogP contribution < -0.4 is 0 Å². The van der Waals surface area contributed by atoms with Gasteiger partial charge in [-0.25, -0.2) is 19.9 Å². The zero-order valence-electron chi connectivity index (χ0n) is 28.8. The van der Waals surface area contributed by atoms with E-state index in [0.29, 0.717) is 34.5 Å². The number of oxazole rings is 1. The second kappa shape index (κ2) is 12.1. The van der Waals surface area contributed by atoms with Crippen molar-refractivity contribution in [2.45, 2.75) is 0 Å². The molecule has 0 bridgehead atoms. The Bertz CT molecular complexity index is 3220. The Kier molecular flexibility index (Phi) is 6.75. The predicted molar refractivity (Wildman–Crippen MR) is 217 cm³/mol.